The van der Waals surface area contributed by atoms with Gasteiger partial charge in [0.05, 0.1) is 6.10 Å². The molecule has 0 aromatic heterocycles. The number of nitrogens with two attached hydrogens (primary N) is 1. The number of hydrogen-bond acceptors (Lipinski definition) is 3. The summed E-state index contributed by atoms with van der Waals surface area (Å²) in [5.41, 5.74) is 5.62. The summed E-state index contributed by atoms with van der Waals surface area (Å²) in [7, 11) is 0. The van der Waals surface area contributed by atoms with E-state index >= 15 is 0 Å². The Morgan fingerprint density at radius 1 is 1.23 bits per heavy atom. The van der Waals surface area contributed by atoms with Crippen molar-refractivity contribution in [3.8, 4) is 0 Å². The van der Waals surface area contributed by atoms with Crippen LogP contribution in [0.3, 0.4) is 0 Å². The maximum absolute atomic E-state index is 12.9. The highest BCUT2D eigenvalue weighted by atomic mass is 16.5. The SMILES string of the molecule is CCC1CCC(NC(=O)C2(N)C3CCCOC3C2(C)C)CC1. The normalized spacial score (nSPS) is 43.8. The molecule has 1 aliphatic heterocycles. The molecular formula is C18H32N2O2. The van der Waals surface area contributed by atoms with Crippen LogP contribution in [0.5, 0.6) is 0 Å². The molecule has 1 heterocycles. The fraction of sp³-hybridized carbons (Fsp3) is 0.944. The first-order chi connectivity index (χ1) is 10.4. The van der Waals surface area contributed by atoms with Gasteiger partial charge in [-0.05, 0) is 44.4 Å². The summed E-state index contributed by atoms with van der Waals surface area (Å²) >= 11 is 0. The molecule has 1 amide bonds. The maximum atomic E-state index is 12.9. The summed E-state index contributed by atoms with van der Waals surface area (Å²) in [6, 6.07) is 0.315. The summed E-state index contributed by atoms with van der Waals surface area (Å²) in [6.07, 6.45) is 8.11. The minimum Gasteiger partial charge on any atom is -0.377 e. The molecule has 3 aliphatic rings. The molecule has 3 N–H and O–H groups in total. The number of amides is 1. The minimum absolute atomic E-state index is 0.0594. The molecule has 2 aliphatic carbocycles. The van der Waals surface area contributed by atoms with Gasteiger partial charge in [0.25, 0.3) is 0 Å². The number of carbonyl (C=O) groups excluding carboxylic acids is 1. The molecule has 4 nitrogen and oxygen atoms in total. The second-order valence-corrected chi connectivity index (χ2v) is 8.23. The Balaban J connectivity index is 1.64. The molecule has 0 bridgehead atoms. The smallest absolute Gasteiger partial charge is 0.241 e. The lowest BCUT2D eigenvalue weighted by molar-refractivity contribution is -0.225. The van der Waals surface area contributed by atoms with Crippen molar-refractivity contribution in [3.05, 3.63) is 0 Å². The predicted octanol–water partition coefficient (Wildman–Crippen LogP) is 2.60. The predicted molar refractivity (Wildman–Crippen MR) is 87.3 cm³/mol. The molecule has 3 fully saturated rings. The fourth-order valence-corrected chi connectivity index (χ4v) is 5.06. The molecule has 3 atom stereocenters. The van der Waals surface area contributed by atoms with Crippen molar-refractivity contribution in [1.82, 2.24) is 5.32 Å². The fourth-order valence-electron chi connectivity index (χ4n) is 5.06. The summed E-state index contributed by atoms with van der Waals surface area (Å²) in [4.78, 5) is 12.9. The van der Waals surface area contributed by atoms with E-state index in [-0.39, 0.29) is 23.3 Å². The molecule has 126 valence electrons. The average Bonchev–Trinajstić information content (AvgIpc) is 2.54. The van der Waals surface area contributed by atoms with Crippen LogP contribution in [-0.4, -0.2) is 30.2 Å². The first-order valence-electron chi connectivity index (χ1n) is 9.12. The average molecular weight is 308 g/mol. The molecule has 2 saturated carbocycles. The van der Waals surface area contributed by atoms with Gasteiger partial charge in [-0.15, -0.1) is 0 Å². The van der Waals surface area contributed by atoms with Gasteiger partial charge < -0.3 is 15.8 Å². The highest BCUT2D eigenvalue weighted by Gasteiger charge is 2.70. The molecule has 22 heavy (non-hydrogen) atoms. The number of carbonyl (C=O) groups is 1. The minimum atomic E-state index is -0.764. The van der Waals surface area contributed by atoms with Gasteiger partial charge in [-0.25, -0.2) is 0 Å². The van der Waals surface area contributed by atoms with E-state index in [1.807, 2.05) is 0 Å². The van der Waals surface area contributed by atoms with Gasteiger partial charge in [-0.3, -0.25) is 4.79 Å². The molecule has 0 radical (unpaired) electrons. The second-order valence-electron chi connectivity index (χ2n) is 8.23. The van der Waals surface area contributed by atoms with Gasteiger partial charge in [0.1, 0.15) is 5.54 Å². The van der Waals surface area contributed by atoms with E-state index in [4.69, 9.17) is 10.5 Å². The van der Waals surface area contributed by atoms with Crippen LogP contribution in [0.4, 0.5) is 0 Å². The van der Waals surface area contributed by atoms with E-state index in [9.17, 15) is 4.79 Å². The third-order valence-corrected chi connectivity index (χ3v) is 6.82. The van der Waals surface area contributed by atoms with Crippen LogP contribution in [0.1, 0.15) is 65.7 Å². The molecule has 0 aromatic rings. The number of fused-ring (bicyclic) bond motifs is 1. The van der Waals surface area contributed by atoms with Crippen molar-refractivity contribution in [3.63, 3.8) is 0 Å². The number of nitrogens with one attached hydrogen (secondary N) is 1. The Morgan fingerprint density at radius 3 is 2.55 bits per heavy atom. The Kier molecular flexibility index (Phi) is 4.28. The third kappa shape index (κ3) is 2.30. The van der Waals surface area contributed by atoms with Gasteiger partial charge in [-0.2, -0.15) is 0 Å². The zero-order valence-corrected chi connectivity index (χ0v) is 14.4. The maximum Gasteiger partial charge on any atom is 0.241 e. The van der Waals surface area contributed by atoms with Crippen LogP contribution >= 0.6 is 0 Å². The zero-order valence-electron chi connectivity index (χ0n) is 14.4. The van der Waals surface area contributed by atoms with E-state index in [1.165, 1.54) is 19.3 Å². The van der Waals surface area contributed by atoms with Crippen LogP contribution in [-0.2, 0) is 9.53 Å². The van der Waals surface area contributed by atoms with E-state index in [0.29, 0.717) is 6.04 Å². The van der Waals surface area contributed by atoms with Crippen molar-refractivity contribution in [2.24, 2.45) is 23.0 Å². The quantitative estimate of drug-likeness (QED) is 0.842. The third-order valence-electron chi connectivity index (χ3n) is 6.82. The first-order valence-corrected chi connectivity index (χ1v) is 9.12. The monoisotopic (exact) mass is 308 g/mol. The Labute approximate surface area is 134 Å². The molecule has 4 heteroatoms. The molecule has 0 aromatic carbocycles. The lowest BCUT2D eigenvalue weighted by Crippen LogP contribution is -2.82. The highest BCUT2D eigenvalue weighted by molar-refractivity contribution is 5.89. The second kappa shape index (κ2) is 5.79. The van der Waals surface area contributed by atoms with Gasteiger partial charge >= 0.3 is 0 Å². The van der Waals surface area contributed by atoms with Gasteiger partial charge in [0, 0.05) is 24.0 Å². The van der Waals surface area contributed by atoms with Crippen LogP contribution in [0.15, 0.2) is 0 Å². The van der Waals surface area contributed by atoms with E-state index in [1.54, 1.807) is 0 Å². The van der Waals surface area contributed by atoms with Crippen molar-refractivity contribution < 1.29 is 9.53 Å². The summed E-state index contributed by atoms with van der Waals surface area (Å²) in [5, 5.41) is 3.28. The lowest BCUT2D eigenvalue weighted by atomic mass is 9.46. The van der Waals surface area contributed by atoms with Gasteiger partial charge in [0.15, 0.2) is 0 Å². The van der Waals surface area contributed by atoms with Gasteiger partial charge in [-0.1, -0.05) is 27.2 Å². The lowest BCUT2D eigenvalue weighted by Gasteiger charge is -2.65. The van der Waals surface area contributed by atoms with Crippen molar-refractivity contribution in [1.29, 1.82) is 0 Å². The number of rotatable bonds is 3. The van der Waals surface area contributed by atoms with Crippen LogP contribution in [0.25, 0.3) is 0 Å². The molecule has 3 rings (SSSR count). The van der Waals surface area contributed by atoms with E-state index in [0.717, 1.165) is 38.2 Å². The first kappa shape index (κ1) is 16.3. The van der Waals surface area contributed by atoms with Crippen LogP contribution < -0.4 is 11.1 Å². The van der Waals surface area contributed by atoms with Crippen LogP contribution in [0, 0.1) is 17.3 Å². The summed E-state index contributed by atoms with van der Waals surface area (Å²) in [5.74, 6) is 1.09. The largest absolute Gasteiger partial charge is 0.377 e. The molecule has 3 unspecified atom stereocenters. The van der Waals surface area contributed by atoms with Gasteiger partial charge in [0.2, 0.25) is 5.91 Å². The van der Waals surface area contributed by atoms with Crippen molar-refractivity contribution in [2.45, 2.75) is 83.4 Å². The topological polar surface area (TPSA) is 64.4 Å². The van der Waals surface area contributed by atoms with Crippen LogP contribution in [0.2, 0.25) is 0 Å². The van der Waals surface area contributed by atoms with E-state index < -0.39 is 5.54 Å². The molecule has 0 spiro atoms. The molecular weight excluding hydrogens is 276 g/mol. The number of ether oxygens (including phenoxy) is 1. The Bertz CT molecular complexity index is 429. The highest BCUT2D eigenvalue weighted by Crippen LogP contribution is 2.57. The standard InChI is InChI=1S/C18H32N2O2/c1-4-12-7-9-13(10-8-12)20-16(21)18(19)14-6-5-11-22-15(14)17(18,2)3/h12-15H,4-11,19H2,1-3H3,(H,20,21). The number of hydrogen-bond donors (Lipinski definition) is 2. The summed E-state index contributed by atoms with van der Waals surface area (Å²) < 4.78 is 5.90. The Hall–Kier alpha value is -0.610. The molecule has 1 saturated heterocycles. The van der Waals surface area contributed by atoms with Crippen molar-refractivity contribution in [2.75, 3.05) is 6.61 Å². The zero-order chi connectivity index (χ0) is 16.0. The van der Waals surface area contributed by atoms with Crippen molar-refractivity contribution >= 4 is 5.91 Å². The summed E-state index contributed by atoms with van der Waals surface area (Å²) in [6.45, 7) is 7.25. The Morgan fingerprint density at radius 2 is 1.91 bits per heavy atom. The van der Waals surface area contributed by atoms with E-state index in [2.05, 4.69) is 26.1 Å².